The lowest BCUT2D eigenvalue weighted by Crippen LogP contribution is -2.46. The minimum Gasteiger partial charge on any atom is -0.363 e. The zero-order chi connectivity index (χ0) is 23.3. The molecule has 168 valence electrons. The summed E-state index contributed by atoms with van der Waals surface area (Å²) in [6.45, 7) is 1.59. The van der Waals surface area contributed by atoms with Gasteiger partial charge in [-0.05, 0) is 35.7 Å². The Labute approximate surface area is 197 Å². The Kier molecular flexibility index (Phi) is 5.99. The van der Waals surface area contributed by atoms with Crippen LogP contribution in [-0.4, -0.2) is 43.3 Å². The lowest BCUT2D eigenvalue weighted by atomic mass is 10.0. The van der Waals surface area contributed by atoms with Crippen LogP contribution in [0.15, 0.2) is 79.6 Å². The number of aromatic amines is 1. The summed E-state index contributed by atoms with van der Waals surface area (Å²) in [5, 5.41) is 9.51. The number of imidazole rings is 1. The average molecular weight is 450 g/mol. The van der Waals surface area contributed by atoms with Crippen molar-refractivity contribution in [3.63, 3.8) is 0 Å². The summed E-state index contributed by atoms with van der Waals surface area (Å²) in [5.41, 5.74) is 4.92. The highest BCUT2D eigenvalue weighted by atomic mass is 16.2. The zero-order valence-corrected chi connectivity index (χ0v) is 18.5. The topological polar surface area (TPSA) is 102 Å². The van der Waals surface area contributed by atoms with Gasteiger partial charge in [0, 0.05) is 37.4 Å². The van der Waals surface area contributed by atoms with Crippen molar-refractivity contribution in [1.29, 1.82) is 5.26 Å². The molecule has 2 aromatic heterocycles. The van der Waals surface area contributed by atoms with Gasteiger partial charge in [0.1, 0.15) is 5.69 Å². The van der Waals surface area contributed by atoms with Crippen molar-refractivity contribution in [2.24, 2.45) is 0 Å². The van der Waals surface area contributed by atoms with Crippen LogP contribution < -0.4 is 4.90 Å². The summed E-state index contributed by atoms with van der Waals surface area (Å²) in [4.78, 5) is 33.5. The second-order valence-corrected chi connectivity index (χ2v) is 8.28. The van der Waals surface area contributed by atoms with E-state index in [0.717, 1.165) is 22.5 Å². The fourth-order valence-corrected chi connectivity index (χ4v) is 4.44. The second-order valence-electron chi connectivity index (χ2n) is 8.28. The molecule has 0 radical (unpaired) electrons. The lowest BCUT2D eigenvalue weighted by molar-refractivity contribution is 0.0664. The number of nitrogens with zero attached hydrogens (tertiary/aromatic N) is 6. The summed E-state index contributed by atoms with van der Waals surface area (Å²) in [6, 6.07) is 17.9. The molecule has 0 spiro atoms. The van der Waals surface area contributed by atoms with Crippen LogP contribution in [-0.2, 0) is 19.5 Å². The molecule has 0 bridgehead atoms. The lowest BCUT2D eigenvalue weighted by Gasteiger charge is -2.32. The fourth-order valence-electron chi connectivity index (χ4n) is 4.44. The summed E-state index contributed by atoms with van der Waals surface area (Å²) in [7, 11) is 0. The van der Waals surface area contributed by atoms with Crippen molar-refractivity contribution in [3.8, 4) is 6.07 Å². The molecule has 1 aliphatic heterocycles. The quantitative estimate of drug-likeness (QED) is 0.501. The molecule has 0 saturated carbocycles. The van der Waals surface area contributed by atoms with Gasteiger partial charge >= 0.3 is 0 Å². The SMILES string of the molecule is N#Cc1ccc2c(c1)CN(C(=O)c1cnccn1)[C@H](Cc1ccccc1)CN2Cc1cnc[nH]1. The first-order valence-electron chi connectivity index (χ1n) is 11.1. The van der Waals surface area contributed by atoms with Gasteiger partial charge in [-0.2, -0.15) is 5.26 Å². The third kappa shape index (κ3) is 4.50. The number of nitrogens with one attached hydrogen (secondary N) is 1. The summed E-state index contributed by atoms with van der Waals surface area (Å²) in [5.74, 6) is -0.175. The number of benzene rings is 2. The highest BCUT2D eigenvalue weighted by Crippen LogP contribution is 2.31. The number of rotatable bonds is 5. The van der Waals surface area contributed by atoms with Crippen LogP contribution >= 0.6 is 0 Å². The van der Waals surface area contributed by atoms with E-state index in [0.29, 0.717) is 37.3 Å². The van der Waals surface area contributed by atoms with Crippen LogP contribution in [0, 0.1) is 11.3 Å². The number of amides is 1. The highest BCUT2D eigenvalue weighted by Gasteiger charge is 2.32. The number of hydrogen-bond donors (Lipinski definition) is 1. The smallest absolute Gasteiger partial charge is 0.274 e. The maximum Gasteiger partial charge on any atom is 0.274 e. The van der Waals surface area contributed by atoms with E-state index in [4.69, 9.17) is 0 Å². The largest absolute Gasteiger partial charge is 0.363 e. The van der Waals surface area contributed by atoms with E-state index in [9.17, 15) is 10.1 Å². The van der Waals surface area contributed by atoms with Gasteiger partial charge < -0.3 is 14.8 Å². The predicted molar refractivity (Wildman–Crippen MR) is 127 cm³/mol. The Balaban J connectivity index is 1.58. The molecule has 0 saturated heterocycles. The van der Waals surface area contributed by atoms with Crippen molar-refractivity contribution in [2.75, 3.05) is 11.4 Å². The highest BCUT2D eigenvalue weighted by molar-refractivity contribution is 5.92. The molecule has 4 aromatic rings. The van der Waals surface area contributed by atoms with E-state index in [1.807, 2.05) is 47.5 Å². The second kappa shape index (κ2) is 9.55. The Morgan fingerprint density at radius 1 is 1.12 bits per heavy atom. The number of fused-ring (bicyclic) bond motifs is 1. The van der Waals surface area contributed by atoms with Crippen LogP contribution in [0.3, 0.4) is 0 Å². The molecule has 0 aliphatic carbocycles. The minimum absolute atomic E-state index is 0.127. The van der Waals surface area contributed by atoms with Crippen molar-refractivity contribution in [1.82, 2.24) is 24.8 Å². The number of anilines is 1. The number of aromatic nitrogens is 4. The molecule has 1 N–H and O–H groups in total. The van der Waals surface area contributed by atoms with Crippen molar-refractivity contribution >= 4 is 11.6 Å². The molecule has 0 fully saturated rings. The maximum atomic E-state index is 13.7. The van der Waals surface area contributed by atoms with Gasteiger partial charge in [0.15, 0.2) is 0 Å². The molecule has 34 heavy (non-hydrogen) atoms. The van der Waals surface area contributed by atoms with Gasteiger partial charge in [0.25, 0.3) is 5.91 Å². The molecule has 1 atom stereocenters. The van der Waals surface area contributed by atoms with E-state index in [1.165, 1.54) is 12.4 Å². The fraction of sp³-hybridized carbons (Fsp3) is 0.192. The molecular weight excluding hydrogens is 426 g/mol. The van der Waals surface area contributed by atoms with Gasteiger partial charge in [-0.1, -0.05) is 30.3 Å². The molecular formula is C26H23N7O. The first-order chi connectivity index (χ1) is 16.7. The molecule has 2 aromatic carbocycles. The monoisotopic (exact) mass is 449 g/mol. The first kappa shape index (κ1) is 21.3. The predicted octanol–water partition coefficient (Wildman–Crippen LogP) is 3.35. The van der Waals surface area contributed by atoms with Crippen LogP contribution in [0.1, 0.15) is 32.9 Å². The number of carbonyl (C=O) groups is 1. The van der Waals surface area contributed by atoms with E-state index in [1.54, 1.807) is 12.5 Å². The van der Waals surface area contributed by atoms with E-state index in [2.05, 4.69) is 43.0 Å². The first-order valence-corrected chi connectivity index (χ1v) is 11.1. The molecule has 5 rings (SSSR count). The van der Waals surface area contributed by atoms with Gasteiger partial charge in [0.2, 0.25) is 0 Å². The number of H-pyrrole nitrogens is 1. The van der Waals surface area contributed by atoms with E-state index in [-0.39, 0.29) is 11.9 Å². The van der Waals surface area contributed by atoms with E-state index < -0.39 is 0 Å². The Morgan fingerprint density at radius 3 is 2.74 bits per heavy atom. The van der Waals surface area contributed by atoms with Crippen LogP contribution in [0.4, 0.5) is 5.69 Å². The summed E-state index contributed by atoms with van der Waals surface area (Å²) in [6.07, 6.45) is 8.75. The Hall–Kier alpha value is -4.51. The van der Waals surface area contributed by atoms with Crippen molar-refractivity contribution < 1.29 is 4.79 Å². The van der Waals surface area contributed by atoms with Crippen LogP contribution in [0.5, 0.6) is 0 Å². The molecule has 1 amide bonds. The standard InChI is InChI=1S/C26H23N7O/c27-12-20-6-7-25-21(10-20)15-33(26(34)24-14-28-8-9-30-24)23(11-19-4-2-1-3-5-19)17-32(25)16-22-13-29-18-31-22/h1-10,13-14,18,23H,11,15-17H2,(H,29,31)/t23-/m1/s1. The zero-order valence-electron chi connectivity index (χ0n) is 18.5. The summed E-state index contributed by atoms with van der Waals surface area (Å²) >= 11 is 0. The minimum atomic E-state index is -0.175. The third-order valence-electron chi connectivity index (χ3n) is 6.04. The molecule has 3 heterocycles. The third-order valence-corrected chi connectivity index (χ3v) is 6.04. The number of carbonyl (C=O) groups excluding carboxylic acids is 1. The summed E-state index contributed by atoms with van der Waals surface area (Å²) < 4.78 is 0. The van der Waals surface area contributed by atoms with Gasteiger partial charge in [-0.3, -0.25) is 9.78 Å². The van der Waals surface area contributed by atoms with Crippen molar-refractivity contribution in [2.45, 2.75) is 25.6 Å². The molecule has 8 heteroatoms. The molecule has 8 nitrogen and oxygen atoms in total. The van der Waals surface area contributed by atoms with Crippen molar-refractivity contribution in [3.05, 3.63) is 108 Å². The van der Waals surface area contributed by atoms with Crippen LogP contribution in [0.25, 0.3) is 0 Å². The number of nitriles is 1. The van der Waals surface area contributed by atoms with Gasteiger partial charge in [0.05, 0.1) is 42.4 Å². The molecule has 1 aliphatic rings. The average Bonchev–Trinajstić information content (AvgIpc) is 3.35. The maximum absolute atomic E-state index is 13.7. The Morgan fingerprint density at radius 2 is 2.00 bits per heavy atom. The normalized spacial score (nSPS) is 15.3. The van der Waals surface area contributed by atoms with E-state index >= 15 is 0 Å². The molecule has 0 unspecified atom stereocenters. The number of hydrogen-bond acceptors (Lipinski definition) is 6. The Bertz CT molecular complexity index is 1300. The van der Waals surface area contributed by atoms with Gasteiger partial charge in [-0.15, -0.1) is 0 Å². The van der Waals surface area contributed by atoms with Crippen LogP contribution in [0.2, 0.25) is 0 Å². The van der Waals surface area contributed by atoms with Gasteiger partial charge in [-0.25, -0.2) is 9.97 Å².